The summed E-state index contributed by atoms with van der Waals surface area (Å²) in [5, 5.41) is 5.03. The SMILES string of the molecule is CS(=O)(=O)CCNCc1cn2ccsc2n1. The van der Waals surface area contributed by atoms with Crippen molar-refractivity contribution in [3.05, 3.63) is 23.5 Å². The molecule has 0 aliphatic carbocycles. The number of fused-ring (bicyclic) bond motifs is 1. The summed E-state index contributed by atoms with van der Waals surface area (Å²) in [4.78, 5) is 5.33. The van der Waals surface area contributed by atoms with Crippen LogP contribution in [-0.4, -0.2) is 36.4 Å². The van der Waals surface area contributed by atoms with E-state index < -0.39 is 9.84 Å². The van der Waals surface area contributed by atoms with Crippen LogP contribution >= 0.6 is 11.3 Å². The molecule has 1 N–H and O–H groups in total. The molecule has 0 aliphatic heterocycles. The van der Waals surface area contributed by atoms with Crippen molar-refractivity contribution in [1.29, 1.82) is 0 Å². The minimum atomic E-state index is -2.88. The highest BCUT2D eigenvalue weighted by atomic mass is 32.2. The number of nitrogens with zero attached hydrogens (tertiary/aromatic N) is 2. The van der Waals surface area contributed by atoms with Gasteiger partial charge in [-0.3, -0.25) is 4.40 Å². The Hall–Kier alpha value is -0.920. The summed E-state index contributed by atoms with van der Waals surface area (Å²) in [6.45, 7) is 1.06. The molecule has 2 rings (SSSR count). The second-order valence-corrected chi connectivity index (χ2v) is 6.76. The molecule has 0 saturated carbocycles. The number of hydrogen-bond donors (Lipinski definition) is 1. The van der Waals surface area contributed by atoms with E-state index in [4.69, 9.17) is 0 Å². The van der Waals surface area contributed by atoms with Crippen molar-refractivity contribution in [3.63, 3.8) is 0 Å². The predicted molar refractivity (Wildman–Crippen MR) is 64.5 cm³/mol. The quantitative estimate of drug-likeness (QED) is 0.796. The first kappa shape index (κ1) is 11.6. The largest absolute Gasteiger partial charge is 0.310 e. The summed E-state index contributed by atoms with van der Waals surface area (Å²) in [7, 11) is -2.88. The molecule has 16 heavy (non-hydrogen) atoms. The number of imidazole rings is 1. The zero-order valence-corrected chi connectivity index (χ0v) is 10.5. The van der Waals surface area contributed by atoms with Crippen LogP contribution in [0.5, 0.6) is 0 Å². The molecule has 0 spiro atoms. The summed E-state index contributed by atoms with van der Waals surface area (Å²) in [5.74, 6) is 0.162. The van der Waals surface area contributed by atoms with E-state index in [1.807, 2.05) is 22.2 Å². The van der Waals surface area contributed by atoms with Gasteiger partial charge in [0, 0.05) is 37.1 Å². The number of hydrogen-bond acceptors (Lipinski definition) is 5. The topological polar surface area (TPSA) is 63.5 Å². The number of sulfone groups is 1. The van der Waals surface area contributed by atoms with Crippen molar-refractivity contribution < 1.29 is 8.42 Å². The van der Waals surface area contributed by atoms with Crippen LogP contribution in [0.1, 0.15) is 5.69 Å². The lowest BCUT2D eigenvalue weighted by Crippen LogP contribution is -2.22. The lowest BCUT2D eigenvalue weighted by Gasteiger charge is -2.00. The average molecular weight is 259 g/mol. The maximum Gasteiger partial charge on any atom is 0.193 e. The lowest BCUT2D eigenvalue weighted by molar-refractivity contribution is 0.596. The first-order valence-electron chi connectivity index (χ1n) is 4.84. The van der Waals surface area contributed by atoms with Gasteiger partial charge in [0.1, 0.15) is 9.84 Å². The van der Waals surface area contributed by atoms with Crippen molar-refractivity contribution >= 4 is 26.1 Å². The molecule has 2 aromatic heterocycles. The van der Waals surface area contributed by atoms with E-state index in [0.29, 0.717) is 13.1 Å². The van der Waals surface area contributed by atoms with E-state index in [9.17, 15) is 8.42 Å². The molecule has 0 unspecified atom stereocenters. The third-order valence-corrected chi connectivity index (χ3v) is 3.82. The monoisotopic (exact) mass is 259 g/mol. The standard InChI is InChI=1S/C9H13N3O2S2/c1-16(13,14)5-2-10-6-8-7-12-3-4-15-9(12)11-8/h3-4,7,10H,2,5-6H2,1H3. The van der Waals surface area contributed by atoms with Gasteiger partial charge in [0.15, 0.2) is 4.96 Å². The molecule has 7 heteroatoms. The Morgan fingerprint density at radius 3 is 3.06 bits per heavy atom. The fourth-order valence-corrected chi connectivity index (χ4v) is 2.57. The van der Waals surface area contributed by atoms with E-state index in [1.165, 1.54) is 6.26 Å². The third kappa shape index (κ3) is 3.03. The first-order chi connectivity index (χ1) is 7.54. The molecule has 0 bridgehead atoms. The fourth-order valence-electron chi connectivity index (χ4n) is 1.34. The maximum absolute atomic E-state index is 10.9. The van der Waals surface area contributed by atoms with Crippen LogP contribution in [0.4, 0.5) is 0 Å². The van der Waals surface area contributed by atoms with Crippen molar-refractivity contribution in [1.82, 2.24) is 14.7 Å². The van der Waals surface area contributed by atoms with Crippen molar-refractivity contribution in [2.24, 2.45) is 0 Å². The highest BCUT2D eigenvalue weighted by Crippen LogP contribution is 2.10. The molecule has 5 nitrogen and oxygen atoms in total. The van der Waals surface area contributed by atoms with Crippen LogP contribution in [0, 0.1) is 0 Å². The van der Waals surface area contributed by atoms with E-state index >= 15 is 0 Å². The molecule has 2 heterocycles. The average Bonchev–Trinajstić information content (AvgIpc) is 2.70. The smallest absolute Gasteiger partial charge is 0.193 e. The van der Waals surface area contributed by atoms with Gasteiger partial charge in [0.2, 0.25) is 0 Å². The summed E-state index contributed by atoms with van der Waals surface area (Å²) < 4.78 is 23.7. The van der Waals surface area contributed by atoms with E-state index in [2.05, 4.69) is 10.3 Å². The number of aromatic nitrogens is 2. The van der Waals surface area contributed by atoms with Crippen LogP contribution in [0.2, 0.25) is 0 Å². The Labute approximate surface area is 98.0 Å². The molecular formula is C9H13N3O2S2. The molecule has 0 atom stereocenters. The van der Waals surface area contributed by atoms with Crippen molar-refractivity contribution in [2.45, 2.75) is 6.54 Å². The highest BCUT2D eigenvalue weighted by molar-refractivity contribution is 7.90. The Kier molecular flexibility index (Phi) is 3.27. The van der Waals surface area contributed by atoms with Gasteiger partial charge in [-0.1, -0.05) is 0 Å². The molecule has 88 valence electrons. The zero-order chi connectivity index (χ0) is 11.6. The Balaban J connectivity index is 1.84. The Bertz CT molecular complexity index is 542. The number of thiazole rings is 1. The van der Waals surface area contributed by atoms with Gasteiger partial charge in [-0.15, -0.1) is 11.3 Å². The molecular weight excluding hydrogens is 246 g/mol. The van der Waals surface area contributed by atoms with Gasteiger partial charge < -0.3 is 5.32 Å². The molecule has 0 radical (unpaired) electrons. The van der Waals surface area contributed by atoms with Gasteiger partial charge >= 0.3 is 0 Å². The van der Waals surface area contributed by atoms with Crippen molar-refractivity contribution in [3.8, 4) is 0 Å². The minimum absolute atomic E-state index is 0.162. The molecule has 0 aromatic carbocycles. The van der Waals surface area contributed by atoms with Crippen LogP contribution in [0.25, 0.3) is 4.96 Å². The lowest BCUT2D eigenvalue weighted by atomic mass is 10.5. The first-order valence-corrected chi connectivity index (χ1v) is 7.78. The molecule has 0 saturated heterocycles. The van der Waals surface area contributed by atoms with Gasteiger partial charge in [-0.2, -0.15) is 0 Å². The summed E-state index contributed by atoms with van der Waals surface area (Å²) in [6.07, 6.45) is 5.13. The van der Waals surface area contributed by atoms with Gasteiger partial charge in [-0.05, 0) is 0 Å². The zero-order valence-electron chi connectivity index (χ0n) is 8.88. The second-order valence-electron chi connectivity index (χ2n) is 3.63. The van der Waals surface area contributed by atoms with Gasteiger partial charge in [0.25, 0.3) is 0 Å². The Morgan fingerprint density at radius 1 is 1.56 bits per heavy atom. The third-order valence-electron chi connectivity index (χ3n) is 2.10. The molecule has 2 aromatic rings. The van der Waals surface area contributed by atoms with E-state index in [1.54, 1.807) is 11.3 Å². The van der Waals surface area contributed by atoms with E-state index in [-0.39, 0.29) is 5.75 Å². The predicted octanol–water partition coefficient (Wildman–Crippen LogP) is 0.530. The summed E-state index contributed by atoms with van der Waals surface area (Å²) >= 11 is 1.58. The second kappa shape index (κ2) is 4.52. The van der Waals surface area contributed by atoms with Crippen LogP contribution in [0.15, 0.2) is 17.8 Å². The fraction of sp³-hybridized carbons (Fsp3) is 0.444. The van der Waals surface area contributed by atoms with Crippen LogP contribution in [-0.2, 0) is 16.4 Å². The normalized spacial score (nSPS) is 12.3. The highest BCUT2D eigenvalue weighted by Gasteiger charge is 2.03. The summed E-state index contributed by atoms with van der Waals surface area (Å²) in [5.41, 5.74) is 0.931. The molecule has 0 amide bonds. The number of nitrogens with one attached hydrogen (secondary N) is 1. The number of rotatable bonds is 5. The van der Waals surface area contributed by atoms with Crippen LogP contribution < -0.4 is 5.32 Å². The summed E-state index contributed by atoms with van der Waals surface area (Å²) in [6, 6.07) is 0. The maximum atomic E-state index is 10.9. The van der Waals surface area contributed by atoms with Gasteiger partial charge in [-0.25, -0.2) is 13.4 Å². The van der Waals surface area contributed by atoms with Crippen molar-refractivity contribution in [2.75, 3.05) is 18.6 Å². The van der Waals surface area contributed by atoms with Crippen LogP contribution in [0.3, 0.4) is 0 Å². The van der Waals surface area contributed by atoms with E-state index in [0.717, 1.165) is 10.7 Å². The minimum Gasteiger partial charge on any atom is -0.310 e. The van der Waals surface area contributed by atoms with Gasteiger partial charge in [0.05, 0.1) is 11.4 Å². The Morgan fingerprint density at radius 2 is 2.38 bits per heavy atom. The molecule has 0 fully saturated rings. The molecule has 0 aliphatic rings.